The second-order valence-corrected chi connectivity index (χ2v) is 7.07. The van der Waals surface area contributed by atoms with Crippen LogP contribution in [-0.2, 0) is 17.6 Å². The molecule has 2 N–H and O–H groups in total. The predicted octanol–water partition coefficient (Wildman–Crippen LogP) is 4.59. The summed E-state index contributed by atoms with van der Waals surface area (Å²) < 4.78 is 20.4. The molecule has 0 bridgehead atoms. The third kappa shape index (κ3) is 4.92. The first-order valence-electron chi connectivity index (χ1n) is 8.93. The van der Waals surface area contributed by atoms with Gasteiger partial charge in [0.25, 0.3) is 5.91 Å². The van der Waals surface area contributed by atoms with Gasteiger partial charge in [-0.25, -0.2) is 4.39 Å². The number of carbonyl (C=O) groups is 1. The van der Waals surface area contributed by atoms with Crippen LogP contribution in [0, 0.1) is 5.82 Å². The molecular formula is C21H25ClFNO3. The van der Waals surface area contributed by atoms with E-state index in [1.165, 1.54) is 13.1 Å². The summed E-state index contributed by atoms with van der Waals surface area (Å²) >= 11 is 6.45. The maximum Gasteiger partial charge on any atom is 0.257 e. The van der Waals surface area contributed by atoms with E-state index in [0.717, 1.165) is 11.1 Å². The number of ether oxygens (including phenoxy) is 1. The molecule has 2 aromatic rings. The fourth-order valence-electron chi connectivity index (χ4n) is 2.99. The highest BCUT2D eigenvalue weighted by Gasteiger charge is 2.18. The standard InChI is InChI=1S/C21H25ClFNO3/c1-5-13-8-15(27-11-19(26)24-4)10-17(22)16(13)9-14-6-7-18(25)20(12(2)3)21(14)23/h6-8,10,12,25H,5,9,11H2,1-4H3,(H,24,26). The fraction of sp³-hybridized carbons (Fsp3) is 0.381. The maximum absolute atomic E-state index is 14.9. The second kappa shape index (κ2) is 9.09. The summed E-state index contributed by atoms with van der Waals surface area (Å²) in [7, 11) is 1.54. The molecule has 0 fully saturated rings. The van der Waals surface area contributed by atoms with Gasteiger partial charge in [0, 0.05) is 24.1 Å². The number of likely N-dealkylation sites (N-methyl/N-ethyl adjacent to an activating group) is 1. The van der Waals surface area contributed by atoms with Crippen LogP contribution in [0.2, 0.25) is 5.02 Å². The Morgan fingerprint density at radius 3 is 2.59 bits per heavy atom. The molecule has 0 radical (unpaired) electrons. The number of phenolic OH excluding ortho intramolecular Hbond substituents is 1. The zero-order valence-electron chi connectivity index (χ0n) is 16.0. The van der Waals surface area contributed by atoms with Gasteiger partial charge in [0.15, 0.2) is 6.61 Å². The van der Waals surface area contributed by atoms with E-state index in [1.54, 1.807) is 12.1 Å². The number of aromatic hydroxyl groups is 1. The minimum Gasteiger partial charge on any atom is -0.508 e. The number of hydrogen-bond donors (Lipinski definition) is 2. The van der Waals surface area contributed by atoms with E-state index < -0.39 is 5.82 Å². The molecule has 0 aliphatic carbocycles. The van der Waals surface area contributed by atoms with E-state index in [-0.39, 0.29) is 24.2 Å². The van der Waals surface area contributed by atoms with E-state index in [0.29, 0.717) is 34.7 Å². The Kier molecular flexibility index (Phi) is 7.08. The van der Waals surface area contributed by atoms with Crippen LogP contribution in [0.25, 0.3) is 0 Å². The molecule has 2 aromatic carbocycles. The molecule has 0 heterocycles. The highest BCUT2D eigenvalue weighted by Crippen LogP contribution is 2.34. The molecule has 2 rings (SSSR count). The van der Waals surface area contributed by atoms with E-state index >= 15 is 0 Å². The quantitative estimate of drug-likeness (QED) is 0.723. The number of rotatable bonds is 7. The number of aryl methyl sites for hydroxylation is 1. The fourth-order valence-corrected chi connectivity index (χ4v) is 3.28. The Balaban J connectivity index is 2.37. The van der Waals surface area contributed by atoms with Crippen molar-refractivity contribution >= 4 is 17.5 Å². The van der Waals surface area contributed by atoms with Gasteiger partial charge in [0.2, 0.25) is 0 Å². The Morgan fingerprint density at radius 1 is 1.30 bits per heavy atom. The lowest BCUT2D eigenvalue weighted by atomic mass is 9.93. The molecule has 0 aliphatic rings. The number of halogens is 2. The average molecular weight is 394 g/mol. The van der Waals surface area contributed by atoms with Crippen LogP contribution < -0.4 is 10.1 Å². The number of phenols is 1. The molecule has 1 amide bonds. The topological polar surface area (TPSA) is 58.6 Å². The summed E-state index contributed by atoms with van der Waals surface area (Å²) in [5.74, 6) is -0.306. The summed E-state index contributed by atoms with van der Waals surface area (Å²) in [6.07, 6.45) is 0.993. The summed E-state index contributed by atoms with van der Waals surface area (Å²) in [6, 6.07) is 6.57. The molecule has 0 saturated carbocycles. The molecule has 0 atom stereocenters. The van der Waals surface area contributed by atoms with Crippen LogP contribution in [0.4, 0.5) is 4.39 Å². The van der Waals surface area contributed by atoms with Crippen LogP contribution >= 0.6 is 11.6 Å². The van der Waals surface area contributed by atoms with Crippen LogP contribution in [0.15, 0.2) is 24.3 Å². The van der Waals surface area contributed by atoms with Gasteiger partial charge >= 0.3 is 0 Å². The lowest BCUT2D eigenvalue weighted by Gasteiger charge is -2.16. The lowest BCUT2D eigenvalue weighted by molar-refractivity contribution is -0.122. The molecule has 0 spiro atoms. The molecule has 0 unspecified atom stereocenters. The van der Waals surface area contributed by atoms with Crippen LogP contribution in [0.5, 0.6) is 11.5 Å². The van der Waals surface area contributed by atoms with Gasteiger partial charge in [-0.3, -0.25) is 4.79 Å². The van der Waals surface area contributed by atoms with Crippen LogP contribution in [0.3, 0.4) is 0 Å². The van der Waals surface area contributed by atoms with Crippen molar-refractivity contribution in [2.45, 2.75) is 39.5 Å². The SMILES string of the molecule is CCc1cc(OCC(=O)NC)cc(Cl)c1Cc1ccc(O)c(C(C)C)c1F. The van der Waals surface area contributed by atoms with Gasteiger partial charge in [0.1, 0.15) is 17.3 Å². The van der Waals surface area contributed by atoms with Crippen molar-refractivity contribution in [3.63, 3.8) is 0 Å². The van der Waals surface area contributed by atoms with Crippen molar-refractivity contribution in [1.29, 1.82) is 0 Å². The smallest absolute Gasteiger partial charge is 0.257 e. The van der Waals surface area contributed by atoms with Crippen molar-refractivity contribution < 1.29 is 19.0 Å². The lowest BCUT2D eigenvalue weighted by Crippen LogP contribution is -2.24. The number of nitrogens with one attached hydrogen (secondary N) is 1. The number of hydrogen-bond acceptors (Lipinski definition) is 3. The predicted molar refractivity (Wildman–Crippen MR) is 105 cm³/mol. The van der Waals surface area contributed by atoms with Gasteiger partial charge < -0.3 is 15.2 Å². The Bertz CT molecular complexity index is 837. The monoisotopic (exact) mass is 393 g/mol. The van der Waals surface area contributed by atoms with Gasteiger partial charge in [-0.05, 0) is 47.2 Å². The average Bonchev–Trinajstić information content (AvgIpc) is 2.62. The number of carbonyl (C=O) groups excluding carboxylic acids is 1. The zero-order valence-corrected chi connectivity index (χ0v) is 16.8. The van der Waals surface area contributed by atoms with E-state index in [2.05, 4.69) is 5.32 Å². The molecule has 0 saturated heterocycles. The summed E-state index contributed by atoms with van der Waals surface area (Å²) in [5, 5.41) is 12.9. The summed E-state index contributed by atoms with van der Waals surface area (Å²) in [6.45, 7) is 5.56. The summed E-state index contributed by atoms with van der Waals surface area (Å²) in [5.41, 5.74) is 2.53. The molecule has 146 valence electrons. The van der Waals surface area contributed by atoms with E-state index in [4.69, 9.17) is 16.3 Å². The first kappa shape index (κ1) is 21.0. The number of amides is 1. The second-order valence-electron chi connectivity index (χ2n) is 6.66. The van der Waals surface area contributed by atoms with Crippen LogP contribution in [0.1, 0.15) is 48.9 Å². The largest absolute Gasteiger partial charge is 0.508 e. The third-order valence-electron chi connectivity index (χ3n) is 4.47. The number of benzene rings is 2. The Morgan fingerprint density at radius 2 is 2.00 bits per heavy atom. The van der Waals surface area contributed by atoms with Crippen molar-refractivity contribution in [3.05, 3.63) is 57.4 Å². The summed E-state index contributed by atoms with van der Waals surface area (Å²) in [4.78, 5) is 11.4. The maximum atomic E-state index is 14.9. The van der Waals surface area contributed by atoms with Crippen molar-refractivity contribution in [2.75, 3.05) is 13.7 Å². The van der Waals surface area contributed by atoms with Crippen molar-refractivity contribution in [1.82, 2.24) is 5.32 Å². The third-order valence-corrected chi connectivity index (χ3v) is 4.81. The zero-order chi connectivity index (χ0) is 20.1. The first-order valence-corrected chi connectivity index (χ1v) is 9.31. The Hall–Kier alpha value is -2.27. The molecule has 0 aromatic heterocycles. The van der Waals surface area contributed by atoms with Gasteiger partial charge in [-0.1, -0.05) is 38.4 Å². The molecule has 0 aliphatic heterocycles. The Labute approximate surface area is 164 Å². The highest BCUT2D eigenvalue weighted by atomic mass is 35.5. The van der Waals surface area contributed by atoms with Crippen LogP contribution in [-0.4, -0.2) is 24.7 Å². The van der Waals surface area contributed by atoms with Gasteiger partial charge in [-0.2, -0.15) is 0 Å². The van der Waals surface area contributed by atoms with Gasteiger partial charge in [0.05, 0.1) is 0 Å². The van der Waals surface area contributed by atoms with Crippen molar-refractivity contribution in [2.24, 2.45) is 0 Å². The minimum absolute atomic E-state index is 0.0361. The molecule has 4 nitrogen and oxygen atoms in total. The molecule has 6 heteroatoms. The minimum atomic E-state index is -0.400. The van der Waals surface area contributed by atoms with E-state index in [9.17, 15) is 14.3 Å². The highest BCUT2D eigenvalue weighted by molar-refractivity contribution is 6.31. The first-order chi connectivity index (χ1) is 12.8. The van der Waals surface area contributed by atoms with E-state index in [1.807, 2.05) is 26.8 Å². The normalized spacial score (nSPS) is 10.9. The van der Waals surface area contributed by atoms with Crippen molar-refractivity contribution in [3.8, 4) is 11.5 Å². The molecule has 27 heavy (non-hydrogen) atoms. The van der Waals surface area contributed by atoms with Gasteiger partial charge in [-0.15, -0.1) is 0 Å². The molecular weight excluding hydrogens is 369 g/mol.